The molecule has 0 amide bonds. The SMILES string of the molecule is C=C[C@@H](C)[C@H](C=C)OC(C)=O.CC(=O)OC/C=C\COC(C)=O. The lowest BCUT2D eigenvalue weighted by Crippen LogP contribution is -2.19. The largest absolute Gasteiger partial charge is 0.462 e. The van der Waals surface area contributed by atoms with E-state index >= 15 is 0 Å². The highest BCUT2D eigenvalue weighted by Gasteiger charge is 2.12. The number of ether oxygens (including phenoxy) is 3. The molecule has 130 valence electrons. The smallest absolute Gasteiger partial charge is 0.303 e. The van der Waals surface area contributed by atoms with E-state index < -0.39 is 0 Å². The van der Waals surface area contributed by atoms with Gasteiger partial charge in [0.2, 0.25) is 0 Å². The highest BCUT2D eigenvalue weighted by molar-refractivity contribution is 5.66. The molecule has 0 aliphatic rings. The predicted octanol–water partition coefficient (Wildman–Crippen LogP) is 2.60. The molecule has 0 saturated heterocycles. The van der Waals surface area contributed by atoms with Crippen LogP contribution in [0.5, 0.6) is 0 Å². The van der Waals surface area contributed by atoms with E-state index in [1.807, 2.05) is 6.92 Å². The third-order valence-electron chi connectivity index (χ3n) is 2.36. The fourth-order valence-corrected chi connectivity index (χ4v) is 1.16. The molecule has 2 atom stereocenters. The van der Waals surface area contributed by atoms with Crippen molar-refractivity contribution in [2.45, 2.75) is 33.8 Å². The average molecular weight is 326 g/mol. The lowest BCUT2D eigenvalue weighted by atomic mass is 10.1. The van der Waals surface area contributed by atoms with E-state index in [0.717, 1.165) is 0 Å². The van der Waals surface area contributed by atoms with Crippen LogP contribution in [0.25, 0.3) is 0 Å². The number of carbonyl (C=O) groups is 3. The molecule has 0 heterocycles. The molecular formula is C17H26O6. The first-order valence-electron chi connectivity index (χ1n) is 7.08. The minimum absolute atomic E-state index is 0.122. The lowest BCUT2D eigenvalue weighted by molar-refractivity contribution is -0.145. The molecule has 0 aliphatic heterocycles. The molecule has 23 heavy (non-hydrogen) atoms. The van der Waals surface area contributed by atoms with Crippen LogP contribution in [0.1, 0.15) is 27.7 Å². The zero-order chi connectivity index (χ0) is 18.3. The van der Waals surface area contributed by atoms with E-state index in [2.05, 4.69) is 22.6 Å². The molecule has 0 saturated carbocycles. The van der Waals surface area contributed by atoms with E-state index in [-0.39, 0.29) is 43.1 Å². The number of hydrogen-bond acceptors (Lipinski definition) is 6. The highest BCUT2D eigenvalue weighted by Crippen LogP contribution is 2.09. The average Bonchev–Trinajstić information content (AvgIpc) is 2.47. The topological polar surface area (TPSA) is 78.9 Å². The Hall–Kier alpha value is -2.37. The van der Waals surface area contributed by atoms with Crippen LogP contribution in [0.4, 0.5) is 0 Å². The normalized spacial score (nSPS) is 12.2. The molecule has 6 nitrogen and oxygen atoms in total. The number of rotatable bonds is 8. The van der Waals surface area contributed by atoms with Gasteiger partial charge in [0.05, 0.1) is 0 Å². The van der Waals surface area contributed by atoms with Crippen LogP contribution in [0.3, 0.4) is 0 Å². The maximum absolute atomic E-state index is 10.5. The molecule has 0 aromatic heterocycles. The fraction of sp³-hybridized carbons (Fsp3) is 0.471. The van der Waals surface area contributed by atoms with Gasteiger partial charge in [0.15, 0.2) is 0 Å². The van der Waals surface area contributed by atoms with Crippen molar-refractivity contribution >= 4 is 17.9 Å². The molecule has 0 aromatic carbocycles. The summed E-state index contributed by atoms with van der Waals surface area (Å²) in [7, 11) is 0. The van der Waals surface area contributed by atoms with Crippen molar-refractivity contribution < 1.29 is 28.6 Å². The summed E-state index contributed by atoms with van der Waals surface area (Å²) in [6.07, 6.45) is 6.32. The van der Waals surface area contributed by atoms with E-state index in [4.69, 9.17) is 4.74 Å². The van der Waals surface area contributed by atoms with Crippen LogP contribution < -0.4 is 0 Å². The van der Waals surface area contributed by atoms with Crippen LogP contribution in [0.2, 0.25) is 0 Å². The summed E-state index contributed by atoms with van der Waals surface area (Å²) in [6, 6.07) is 0. The molecule has 0 rings (SSSR count). The summed E-state index contributed by atoms with van der Waals surface area (Å²) >= 11 is 0. The summed E-state index contributed by atoms with van der Waals surface area (Å²) < 4.78 is 14.1. The van der Waals surface area contributed by atoms with Crippen LogP contribution in [0, 0.1) is 5.92 Å². The van der Waals surface area contributed by atoms with Crippen molar-refractivity contribution in [1.29, 1.82) is 0 Å². The molecule has 0 bridgehead atoms. The number of esters is 3. The minimum atomic E-state index is -0.327. The van der Waals surface area contributed by atoms with Gasteiger partial charge in [0.1, 0.15) is 19.3 Å². The summed E-state index contributed by atoms with van der Waals surface area (Å²) in [5, 5.41) is 0. The van der Waals surface area contributed by atoms with Gasteiger partial charge in [-0.15, -0.1) is 6.58 Å². The molecule has 0 fully saturated rings. The maximum atomic E-state index is 10.5. The van der Waals surface area contributed by atoms with E-state index in [1.54, 1.807) is 24.3 Å². The van der Waals surface area contributed by atoms with Crippen molar-refractivity contribution in [2.24, 2.45) is 5.92 Å². The standard InChI is InChI=1S/C9H14O2.C8H12O4/c1-5-7(3)9(6-2)11-8(4)10;1-7(9)11-5-3-4-6-12-8(2)10/h5-7,9H,1-2H2,3-4H3;3-4H,5-6H2,1-2H3/b;4-3-/t7-,9+;/m1./s1. The van der Waals surface area contributed by atoms with Gasteiger partial charge in [0.25, 0.3) is 0 Å². The second-order valence-electron chi connectivity index (χ2n) is 4.48. The van der Waals surface area contributed by atoms with Crippen molar-refractivity contribution in [3.05, 3.63) is 37.5 Å². The van der Waals surface area contributed by atoms with Crippen molar-refractivity contribution in [1.82, 2.24) is 0 Å². The Morgan fingerprint density at radius 1 is 0.870 bits per heavy atom. The summed E-state index contributed by atoms with van der Waals surface area (Å²) in [4.78, 5) is 31.0. The van der Waals surface area contributed by atoms with Crippen LogP contribution in [-0.4, -0.2) is 37.2 Å². The first-order chi connectivity index (χ1) is 10.7. The van der Waals surface area contributed by atoms with Crippen molar-refractivity contribution in [3.63, 3.8) is 0 Å². The monoisotopic (exact) mass is 326 g/mol. The van der Waals surface area contributed by atoms with Crippen molar-refractivity contribution in [2.75, 3.05) is 13.2 Å². The van der Waals surface area contributed by atoms with Gasteiger partial charge in [-0.2, -0.15) is 0 Å². The van der Waals surface area contributed by atoms with Gasteiger partial charge < -0.3 is 14.2 Å². The molecule has 6 heteroatoms. The fourth-order valence-electron chi connectivity index (χ4n) is 1.16. The quantitative estimate of drug-likeness (QED) is 0.387. The van der Waals surface area contributed by atoms with Gasteiger partial charge in [-0.05, 0) is 12.2 Å². The molecule has 0 spiro atoms. The van der Waals surface area contributed by atoms with E-state index in [1.165, 1.54) is 20.8 Å². The predicted molar refractivity (Wildman–Crippen MR) is 87.5 cm³/mol. The van der Waals surface area contributed by atoms with Crippen LogP contribution in [0.15, 0.2) is 37.5 Å². The zero-order valence-electron chi connectivity index (χ0n) is 14.2. The molecular weight excluding hydrogens is 300 g/mol. The third kappa shape index (κ3) is 17.6. The first kappa shape index (κ1) is 22.9. The first-order valence-corrected chi connectivity index (χ1v) is 7.08. The summed E-state index contributed by atoms with van der Waals surface area (Å²) in [6.45, 7) is 13.6. The third-order valence-corrected chi connectivity index (χ3v) is 2.36. The lowest BCUT2D eigenvalue weighted by Gasteiger charge is -2.16. The van der Waals surface area contributed by atoms with Gasteiger partial charge in [-0.25, -0.2) is 0 Å². The molecule has 0 aromatic rings. The Balaban J connectivity index is 0. The van der Waals surface area contributed by atoms with Gasteiger partial charge in [-0.1, -0.05) is 25.7 Å². The maximum Gasteiger partial charge on any atom is 0.303 e. The second-order valence-corrected chi connectivity index (χ2v) is 4.48. The van der Waals surface area contributed by atoms with Crippen LogP contribution >= 0.6 is 0 Å². The summed E-state index contributed by atoms with van der Waals surface area (Å²) in [5.74, 6) is -0.820. The van der Waals surface area contributed by atoms with Crippen molar-refractivity contribution in [3.8, 4) is 0 Å². The number of hydrogen-bond donors (Lipinski definition) is 0. The Morgan fingerprint density at radius 2 is 1.30 bits per heavy atom. The molecule has 0 N–H and O–H groups in total. The minimum Gasteiger partial charge on any atom is -0.462 e. The Morgan fingerprint density at radius 3 is 1.57 bits per heavy atom. The van der Waals surface area contributed by atoms with Gasteiger partial charge in [-0.3, -0.25) is 14.4 Å². The number of carbonyl (C=O) groups excluding carboxylic acids is 3. The Kier molecular flexibility index (Phi) is 14.5. The van der Waals surface area contributed by atoms with Crippen LogP contribution in [-0.2, 0) is 28.6 Å². The van der Waals surface area contributed by atoms with E-state index in [0.29, 0.717) is 0 Å². The van der Waals surface area contributed by atoms with Gasteiger partial charge >= 0.3 is 17.9 Å². The second kappa shape index (κ2) is 14.6. The molecule has 0 radical (unpaired) electrons. The summed E-state index contributed by atoms with van der Waals surface area (Å²) in [5.41, 5.74) is 0. The molecule has 0 aliphatic carbocycles. The molecule has 0 unspecified atom stereocenters. The van der Waals surface area contributed by atoms with E-state index in [9.17, 15) is 14.4 Å². The Bertz CT molecular complexity index is 405. The Labute approximate surface area is 137 Å². The zero-order valence-corrected chi connectivity index (χ0v) is 14.2. The van der Waals surface area contributed by atoms with Gasteiger partial charge in [0, 0.05) is 26.7 Å². The highest BCUT2D eigenvalue weighted by atomic mass is 16.5.